The number of hydrogen-bond donors (Lipinski definition) is 0. The molecule has 92 heavy (non-hydrogen) atoms. The van der Waals surface area contributed by atoms with Gasteiger partial charge in [-0.2, -0.15) is 0 Å². The van der Waals surface area contributed by atoms with Crippen molar-refractivity contribution >= 4 is 87.1 Å². The topological polar surface area (TPSA) is 35.5 Å². The number of ketones is 1. The summed E-state index contributed by atoms with van der Waals surface area (Å²) in [6, 6.07) is 40.9. The van der Waals surface area contributed by atoms with Crippen LogP contribution in [0, 0.1) is 69.0 Å². The van der Waals surface area contributed by atoms with E-state index in [1.54, 1.807) is 11.1 Å². The molecule has 0 spiro atoms. The normalized spacial score (nSPS) is 33.2. The van der Waals surface area contributed by atoms with E-state index in [9.17, 15) is 4.79 Å². The molecule has 3 nitrogen and oxygen atoms in total. The average molecular weight is 1260 g/mol. The van der Waals surface area contributed by atoms with Crippen LogP contribution in [0.3, 0.4) is 0 Å². The Morgan fingerprint density at radius 2 is 0.837 bits per heavy atom. The molecule has 14 atom stereocenters. The minimum Gasteiger partial charge on any atom is -0.414 e. The predicted octanol–water partition coefficient (Wildman–Crippen LogP) is 24.3. The highest BCUT2D eigenvalue weighted by molar-refractivity contribution is 6.74. The Bertz CT molecular complexity index is 3960. The summed E-state index contributed by atoms with van der Waals surface area (Å²) in [6.07, 6.45) is 27.8. The molecule has 8 aliphatic rings. The molecule has 8 aliphatic carbocycles. The van der Waals surface area contributed by atoms with Crippen LogP contribution in [0.25, 0.3) is 64.6 Å². The van der Waals surface area contributed by atoms with Crippen LogP contribution >= 0.6 is 0 Å². The molecule has 0 heterocycles. The van der Waals surface area contributed by atoms with E-state index < -0.39 is 16.6 Å². The van der Waals surface area contributed by atoms with Gasteiger partial charge in [0.1, 0.15) is 5.78 Å². The first-order chi connectivity index (χ1) is 43.6. The standard InChI is InChI=1S/C44H56OSi.C43H54O2Si/c1-28(26-32-15-14-31-13-12-29-10-9-11-30-16-18-35(32)41(31)40(29)30)37-20-21-38-36-19-17-33-27-34(45-46(7,8)42(2,3)4)22-24-43(33,5)39(36)23-25-44(37,38)6;1-41(2,3)46(6,7)45-32-21-23-42(4)31(26-32)16-18-34-35-19-20-37(43(35,5)24-22-36(34)42)38(44)25-30-14-13-29-12-11-27-9-8-10-28-15-17-33(30)40(29)39(27)28/h9-18,34,36-39H,1,19-27H2,2-8H3;8-17,32,34-37H,18-26H2,1-7H3/t34-,36-,37+,38-,39-,43-,44+;32-,34-,35-,36-,37+,42-,43-/m00/s1. The molecule has 484 valence electrons. The zero-order valence-corrected chi connectivity index (χ0v) is 61.0. The highest BCUT2D eigenvalue weighted by Crippen LogP contribution is 2.69. The summed E-state index contributed by atoms with van der Waals surface area (Å²) in [5, 5.41) is 16.7. The Kier molecular flexibility index (Phi) is 15.3. The van der Waals surface area contributed by atoms with Crippen LogP contribution in [0.2, 0.25) is 36.3 Å². The van der Waals surface area contributed by atoms with Gasteiger partial charge in [-0.05, 0) is 284 Å². The fraction of sp³-hybridized carbons (Fsp3) is 0.552. The molecule has 0 unspecified atom stereocenters. The number of carbonyl (C=O) groups excluding carboxylic acids is 1. The van der Waals surface area contributed by atoms with Crippen LogP contribution in [0.4, 0.5) is 0 Å². The Morgan fingerprint density at radius 3 is 1.27 bits per heavy atom. The van der Waals surface area contributed by atoms with Crippen molar-refractivity contribution in [1.29, 1.82) is 0 Å². The molecule has 8 aromatic carbocycles. The molecule has 0 aliphatic heterocycles. The van der Waals surface area contributed by atoms with Crippen molar-refractivity contribution in [2.45, 2.75) is 233 Å². The summed E-state index contributed by atoms with van der Waals surface area (Å²) < 4.78 is 14.0. The van der Waals surface area contributed by atoms with Gasteiger partial charge in [0.25, 0.3) is 0 Å². The minimum atomic E-state index is -1.77. The van der Waals surface area contributed by atoms with Crippen molar-refractivity contribution in [2.75, 3.05) is 0 Å². The third-order valence-electron chi connectivity index (χ3n) is 29.6. The van der Waals surface area contributed by atoms with Crippen molar-refractivity contribution in [2.24, 2.45) is 69.0 Å². The lowest BCUT2D eigenvalue weighted by molar-refractivity contribution is -0.129. The number of benzene rings is 8. The molecule has 5 heteroatoms. The number of Topliss-reactive ketones (excluding diaryl/α,β-unsaturated/α-hetero) is 1. The molecule has 0 radical (unpaired) electrons. The maximum absolute atomic E-state index is 14.4. The van der Waals surface area contributed by atoms with E-state index in [0.29, 0.717) is 52.5 Å². The summed E-state index contributed by atoms with van der Waals surface area (Å²) in [5.41, 5.74) is 8.80. The van der Waals surface area contributed by atoms with Crippen molar-refractivity contribution < 1.29 is 13.6 Å². The van der Waals surface area contributed by atoms with Crippen molar-refractivity contribution in [3.63, 3.8) is 0 Å². The van der Waals surface area contributed by atoms with Crippen LogP contribution in [0.1, 0.15) is 183 Å². The number of rotatable bonds is 10. The SMILES string of the molecule is C=C(Cc1ccc2ccc3cccc4ccc1c2c34)[C@H]1CC[C@H]2[C@@H]3CC=C4C[C@@H](O[Si](C)(C)C(C)(C)C)CC[C@]4(C)[C@H]3CC[C@]12C.CC(C)(C)[Si](C)(C)O[C@H]1CC[C@@]2(C)C(=CC[C@H]3[C@@H]4CC[C@H](C(=O)Cc5ccc6ccc7cccc8ccc5c6c78)[C@@]4(C)CC[C@@H]32)C1. The minimum absolute atomic E-state index is 0.131. The second-order valence-corrected chi connectivity index (χ2v) is 45.5. The lowest BCUT2D eigenvalue weighted by Gasteiger charge is -2.58. The maximum Gasteiger partial charge on any atom is 0.192 e. The van der Waals surface area contributed by atoms with Gasteiger partial charge in [-0.1, -0.05) is 214 Å². The maximum atomic E-state index is 14.4. The molecule has 6 fully saturated rings. The zero-order chi connectivity index (χ0) is 64.5. The molecular formula is C87H110O3Si2. The van der Waals surface area contributed by atoms with Crippen LogP contribution < -0.4 is 0 Å². The van der Waals surface area contributed by atoms with Crippen LogP contribution in [0.5, 0.6) is 0 Å². The molecule has 16 rings (SSSR count). The fourth-order valence-electron chi connectivity index (χ4n) is 22.4. The lowest BCUT2D eigenvalue weighted by atomic mass is 9.47. The molecule has 0 bridgehead atoms. The van der Waals surface area contributed by atoms with E-state index >= 15 is 0 Å². The van der Waals surface area contributed by atoms with Crippen molar-refractivity contribution in [1.82, 2.24) is 0 Å². The van der Waals surface area contributed by atoms with E-state index in [2.05, 4.69) is 217 Å². The summed E-state index contributed by atoms with van der Waals surface area (Å²) in [6.45, 7) is 39.3. The van der Waals surface area contributed by atoms with Crippen LogP contribution in [-0.2, 0) is 26.5 Å². The molecule has 8 aromatic rings. The van der Waals surface area contributed by atoms with Gasteiger partial charge >= 0.3 is 0 Å². The molecule has 6 saturated carbocycles. The summed E-state index contributed by atoms with van der Waals surface area (Å²) in [4.78, 5) is 14.4. The van der Waals surface area contributed by atoms with Crippen molar-refractivity contribution in [3.05, 3.63) is 156 Å². The molecule has 0 N–H and O–H groups in total. The van der Waals surface area contributed by atoms with Crippen LogP contribution in [-0.4, -0.2) is 34.6 Å². The third kappa shape index (κ3) is 10.0. The number of carbonyl (C=O) groups is 1. The van der Waals surface area contributed by atoms with E-state index in [0.717, 1.165) is 48.9 Å². The highest BCUT2D eigenvalue weighted by atomic mass is 28.4. The van der Waals surface area contributed by atoms with E-state index in [1.165, 1.54) is 171 Å². The smallest absolute Gasteiger partial charge is 0.192 e. The summed E-state index contributed by atoms with van der Waals surface area (Å²) in [5.74, 6) is 5.93. The van der Waals surface area contributed by atoms with Crippen LogP contribution in [0.15, 0.2) is 145 Å². The Labute approximate surface area is 555 Å². The quantitative estimate of drug-likeness (QED) is 0.0778. The lowest BCUT2D eigenvalue weighted by Crippen LogP contribution is -2.52. The van der Waals surface area contributed by atoms with Gasteiger partial charge < -0.3 is 8.85 Å². The Morgan fingerprint density at radius 1 is 0.457 bits per heavy atom. The average Bonchev–Trinajstić information content (AvgIpc) is 1.36. The van der Waals surface area contributed by atoms with Gasteiger partial charge in [0, 0.05) is 24.5 Å². The first-order valence-corrected chi connectivity index (χ1v) is 42.7. The molecule has 0 aromatic heterocycles. The Hall–Kier alpha value is -4.92. The second-order valence-electron chi connectivity index (χ2n) is 36.0. The van der Waals surface area contributed by atoms with Gasteiger partial charge in [-0.15, -0.1) is 0 Å². The van der Waals surface area contributed by atoms with E-state index in [4.69, 9.17) is 15.4 Å². The molecule has 0 amide bonds. The first kappa shape index (κ1) is 63.2. The van der Waals surface area contributed by atoms with Gasteiger partial charge in [-0.3, -0.25) is 4.79 Å². The second kappa shape index (κ2) is 22.3. The van der Waals surface area contributed by atoms with Gasteiger partial charge in [0.2, 0.25) is 0 Å². The molecular weight excluding hydrogens is 1150 g/mol. The predicted molar refractivity (Wildman–Crippen MR) is 396 cm³/mol. The largest absolute Gasteiger partial charge is 0.414 e. The van der Waals surface area contributed by atoms with Gasteiger partial charge in [0.05, 0.1) is 0 Å². The van der Waals surface area contributed by atoms with Gasteiger partial charge in [-0.25, -0.2) is 0 Å². The highest BCUT2D eigenvalue weighted by Gasteiger charge is 2.62. The first-order valence-electron chi connectivity index (χ1n) is 36.9. The zero-order valence-electron chi connectivity index (χ0n) is 59.0. The van der Waals surface area contributed by atoms with E-state index in [-0.39, 0.29) is 21.4 Å². The monoisotopic (exact) mass is 1260 g/mol. The van der Waals surface area contributed by atoms with E-state index in [1.807, 2.05) is 0 Å². The summed E-state index contributed by atoms with van der Waals surface area (Å²) in [7, 11) is -3.53. The third-order valence-corrected chi connectivity index (χ3v) is 38.6. The Balaban J connectivity index is 0.000000153. The van der Waals surface area contributed by atoms with Crippen molar-refractivity contribution in [3.8, 4) is 0 Å². The fourth-order valence-corrected chi connectivity index (χ4v) is 25.2. The number of allylic oxidation sites excluding steroid dienone is 3. The number of fused-ring (bicyclic) bond motifs is 10. The van der Waals surface area contributed by atoms with Gasteiger partial charge in [0.15, 0.2) is 16.6 Å². The number of hydrogen-bond acceptors (Lipinski definition) is 3. The summed E-state index contributed by atoms with van der Waals surface area (Å²) >= 11 is 0. The molecule has 0 saturated heterocycles.